The van der Waals surface area contributed by atoms with E-state index in [1.54, 1.807) is 122 Å². The fourth-order valence-electron chi connectivity index (χ4n) is 10.6. The maximum atomic E-state index is 12.4. The third-order valence-corrected chi connectivity index (χ3v) is 18.2. The molecule has 31 heteroatoms. The zero-order chi connectivity index (χ0) is 102. The number of carbonyl (C=O) groups is 13. The van der Waals surface area contributed by atoms with Crippen LogP contribution in [0.5, 0.6) is 0 Å². The molecule has 0 aliphatic carbocycles. The Morgan fingerprint density at radius 3 is 0.881 bits per heavy atom. The van der Waals surface area contributed by atoms with E-state index >= 15 is 0 Å². The lowest BCUT2D eigenvalue weighted by atomic mass is 10.0. The van der Waals surface area contributed by atoms with Gasteiger partial charge in [-0.3, -0.25) is 43.6 Å². The Morgan fingerprint density at radius 1 is 0.385 bits per heavy atom. The number of benzene rings is 7. The van der Waals surface area contributed by atoms with Crippen molar-refractivity contribution >= 4 is 116 Å². The molecular formula is C104H138N3O27P. The van der Waals surface area contributed by atoms with Gasteiger partial charge in [-0.1, -0.05) is 211 Å². The van der Waals surface area contributed by atoms with Gasteiger partial charge in [0, 0.05) is 49.0 Å². The molecular weight excluding hydrogens is 1750 g/mol. The lowest BCUT2D eigenvalue weighted by molar-refractivity contribution is -0.159. The molecule has 7 aromatic rings. The predicted octanol–water partition coefficient (Wildman–Crippen LogP) is 15.1. The monoisotopic (exact) mass is 1890 g/mol. The van der Waals surface area contributed by atoms with E-state index in [1.807, 2.05) is 152 Å². The molecule has 0 aromatic heterocycles. The Bertz CT molecular complexity index is 4750. The summed E-state index contributed by atoms with van der Waals surface area (Å²) in [6.07, 6.45) is 20.8. The quantitative estimate of drug-likeness (QED) is 0.00330. The summed E-state index contributed by atoms with van der Waals surface area (Å²) in [4.78, 5) is 141. The van der Waals surface area contributed by atoms with Crippen molar-refractivity contribution in [1.29, 1.82) is 0 Å². The van der Waals surface area contributed by atoms with Crippen LogP contribution in [0, 0.1) is 11.8 Å². The fourth-order valence-corrected chi connectivity index (χ4v) is 11.4. The van der Waals surface area contributed by atoms with Gasteiger partial charge in [-0.2, -0.15) is 0 Å². The molecule has 0 fully saturated rings. The third kappa shape index (κ3) is 67.6. The van der Waals surface area contributed by atoms with E-state index in [4.69, 9.17) is 40.2 Å². The number of hydrogen-bond donors (Lipinski definition) is 9. The van der Waals surface area contributed by atoms with E-state index in [9.17, 15) is 66.9 Å². The highest BCUT2D eigenvalue weighted by molar-refractivity contribution is 7.63. The molecule has 0 unspecified atom stereocenters. The van der Waals surface area contributed by atoms with Crippen LogP contribution in [0.3, 0.4) is 0 Å². The van der Waals surface area contributed by atoms with Gasteiger partial charge in [0.05, 0.1) is 74.7 Å². The molecule has 0 aliphatic rings. The maximum Gasteiger partial charge on any atom is 0.330 e. The van der Waals surface area contributed by atoms with E-state index in [0.29, 0.717) is 48.9 Å². The van der Waals surface area contributed by atoms with Gasteiger partial charge in [-0.15, -0.1) is 0 Å². The molecule has 0 heterocycles. The Morgan fingerprint density at radius 2 is 0.652 bits per heavy atom. The van der Waals surface area contributed by atoms with Crippen LogP contribution in [-0.4, -0.2) is 207 Å². The van der Waals surface area contributed by atoms with Crippen LogP contribution >= 0.6 is 7.14 Å². The van der Waals surface area contributed by atoms with Gasteiger partial charge in [-0.25, -0.2) is 24.7 Å². The van der Waals surface area contributed by atoms with Gasteiger partial charge in [0.1, 0.15) is 35.9 Å². The van der Waals surface area contributed by atoms with Crippen molar-refractivity contribution in [3.05, 3.63) is 278 Å². The van der Waals surface area contributed by atoms with Crippen molar-refractivity contribution < 1.29 is 131 Å². The number of aliphatic hydroxyl groups is 2. The molecule has 736 valence electrons. The van der Waals surface area contributed by atoms with E-state index in [1.165, 1.54) is 65.9 Å². The van der Waals surface area contributed by atoms with Crippen LogP contribution in [0.1, 0.15) is 179 Å². The second kappa shape index (κ2) is 71.4. The standard InChI is InChI=1S/C22H33NO4.C21H32N2O4.C12H12O4.C12H14O3.C12H12O3.C9H10O3.C9H8O3.C5H11O3P.C2H6/c1-16(2)15-19(21(25)27-22(3,4)5)23-14-13-18-9-7-17(8-10-18)11-12-20(24)26-6;1-15(2)14-18(20(25)27-21(3,4)5)22-13-12-17-8-6-16(7-9-17)10-11-19(24)23-26;1-16-12(15)7-6-9-2-4-10(5-3-9)8-11(13)14;2*1-15-12(14)7-6-10-2-4-11(5-3-10)8-9-13;2*10-6-8-3-1-7(2-4-8)5-9(11)12;1-8-5(6)4-9(2,3)7;1-2/h7-12,16,19,23H,13-15H2,1-6H3;6-11,15,18,22,26H,12-14H2,1-5H3,(H,23,24);2-7H,8H2,1H3,(H,13,14);2-7,13H,8-9H2,1H3;2-7,9H,8H2,1H3;1-4,10H,5-6H2,(H,11,12);1-4,6H,5H2,(H,11,12);4H2,1-3H3;1-2H3/b12-11+;11-10+;3*7-6+;;;;/t19-;18-;;;;;;;/m00......./s1. The Kier molecular flexibility index (Phi) is 65.5. The maximum absolute atomic E-state index is 12.4. The first-order valence-electron chi connectivity index (χ1n) is 43.3. The zero-order valence-electron chi connectivity index (χ0n) is 81.0. The predicted molar refractivity (Wildman–Crippen MR) is 523 cm³/mol. The van der Waals surface area contributed by atoms with Gasteiger partial charge >= 0.3 is 59.7 Å². The van der Waals surface area contributed by atoms with Crippen molar-refractivity contribution in [3.63, 3.8) is 0 Å². The number of carboxylic acid groups (broad SMARTS) is 3. The van der Waals surface area contributed by atoms with E-state index in [-0.39, 0.29) is 80.6 Å². The highest BCUT2D eigenvalue weighted by atomic mass is 31.2. The number of methoxy groups -OCH3 is 5. The van der Waals surface area contributed by atoms with Crippen LogP contribution in [0.15, 0.2) is 200 Å². The van der Waals surface area contributed by atoms with Crippen molar-refractivity contribution in [2.45, 2.75) is 171 Å². The second-order valence-corrected chi connectivity index (χ2v) is 35.9. The third-order valence-electron chi connectivity index (χ3n) is 17.1. The van der Waals surface area contributed by atoms with Crippen LogP contribution in [0.2, 0.25) is 0 Å². The average molecular weight is 1890 g/mol. The molecule has 9 N–H and O–H groups in total. The Labute approximate surface area is 794 Å². The van der Waals surface area contributed by atoms with E-state index < -0.39 is 54.1 Å². The number of rotatable bonds is 38. The summed E-state index contributed by atoms with van der Waals surface area (Å²) in [5.41, 5.74) is 12.9. The second-order valence-electron chi connectivity index (χ2n) is 32.5. The SMILES string of the molecule is CC.CC(C)C[C@H](NCCc1ccc(/C=C/C(=O)NO)cc1)C(=O)OC(C)(C)C.COC(=O)/C=C/c1ccc(CC(=O)O)cc1.COC(=O)/C=C/c1ccc(CC=O)cc1.COC(=O)/C=C/c1ccc(CCN[C@@H](CC(C)C)C(=O)OC(C)(C)C)cc1.COC(=O)/C=C/c1ccc(CCO)cc1.COC(=O)CP(C)(C)=O.O=C(O)Cc1ccc(CO)cc1.O=Cc1ccc(CC(=O)O)cc1. The molecule has 30 nitrogen and oxygen atoms in total. The number of carboxylic acids is 3. The number of aldehydes is 2. The van der Waals surface area contributed by atoms with Crippen molar-refractivity contribution in [2.24, 2.45) is 11.8 Å². The number of aliphatic hydroxyl groups excluding tert-OH is 2. The minimum atomic E-state index is -2.21. The van der Waals surface area contributed by atoms with Crippen LogP contribution < -0.4 is 16.1 Å². The molecule has 0 saturated carbocycles. The first kappa shape index (κ1) is 124. The van der Waals surface area contributed by atoms with Crippen molar-refractivity contribution in [3.8, 4) is 0 Å². The summed E-state index contributed by atoms with van der Waals surface area (Å²) in [5.74, 6) is -4.70. The Hall–Kier alpha value is -13.2. The summed E-state index contributed by atoms with van der Waals surface area (Å²) in [6, 6.07) is 50.4. The normalized spacial score (nSPS) is 11.2. The van der Waals surface area contributed by atoms with Crippen LogP contribution in [-0.2, 0) is 147 Å². The van der Waals surface area contributed by atoms with Crippen LogP contribution in [0.25, 0.3) is 30.4 Å². The highest BCUT2D eigenvalue weighted by Crippen LogP contribution is 2.35. The first-order chi connectivity index (χ1) is 63.7. The first-order valence-corrected chi connectivity index (χ1v) is 46.1. The molecule has 0 saturated heterocycles. The lowest BCUT2D eigenvalue weighted by Crippen LogP contribution is -2.42. The highest BCUT2D eigenvalue weighted by Gasteiger charge is 2.27. The average Bonchev–Trinajstić information content (AvgIpc) is 0.894. The number of hydrogen-bond acceptors (Lipinski definition) is 26. The lowest BCUT2D eigenvalue weighted by Gasteiger charge is -2.25. The van der Waals surface area contributed by atoms with Gasteiger partial charge in [0.2, 0.25) is 0 Å². The van der Waals surface area contributed by atoms with Gasteiger partial charge in [0.15, 0.2) is 0 Å². The number of ether oxygens (including phenoxy) is 7. The molecule has 7 aromatic carbocycles. The number of nitrogens with one attached hydrogen (secondary N) is 3. The molecule has 1 amide bonds. The van der Waals surface area contributed by atoms with Gasteiger partial charge < -0.3 is 78.7 Å². The summed E-state index contributed by atoms with van der Waals surface area (Å²) in [5, 5.41) is 58.0. The number of amides is 1. The van der Waals surface area contributed by atoms with Crippen molar-refractivity contribution in [2.75, 3.05) is 74.7 Å². The number of esters is 7. The smallest absolute Gasteiger partial charge is 0.330 e. The van der Waals surface area contributed by atoms with E-state index in [0.717, 1.165) is 105 Å². The fraction of sp³-hybridized carbons (Fsp3) is 0.375. The largest absolute Gasteiger partial charge is 0.481 e. The summed E-state index contributed by atoms with van der Waals surface area (Å²) in [7, 11) is 4.42. The molecule has 2 atom stereocenters. The van der Waals surface area contributed by atoms with Gasteiger partial charge in [0.25, 0.3) is 5.91 Å². The molecule has 0 aliphatic heterocycles. The molecule has 135 heavy (non-hydrogen) atoms. The summed E-state index contributed by atoms with van der Waals surface area (Å²) in [6.45, 7) is 28.2. The number of aliphatic carboxylic acids is 3. The Balaban J connectivity index is 0. The summed E-state index contributed by atoms with van der Waals surface area (Å²) >= 11 is 0. The topological polar surface area (TPSA) is 461 Å². The molecule has 7 rings (SSSR count). The molecule has 0 bridgehead atoms. The summed E-state index contributed by atoms with van der Waals surface area (Å²) < 4.78 is 44.2. The molecule has 0 radical (unpaired) electrons. The van der Waals surface area contributed by atoms with Crippen LogP contribution in [0.4, 0.5) is 0 Å². The van der Waals surface area contributed by atoms with E-state index in [2.05, 4.69) is 62.0 Å². The number of carbonyl (C=O) groups excluding carboxylic acids is 10. The molecule has 0 spiro atoms. The zero-order valence-corrected chi connectivity index (χ0v) is 81.9. The van der Waals surface area contributed by atoms with Gasteiger partial charge in [-0.05, 0) is 215 Å². The minimum absolute atomic E-state index is 0.000856. The van der Waals surface area contributed by atoms with Crippen molar-refractivity contribution in [1.82, 2.24) is 16.1 Å². The minimum Gasteiger partial charge on any atom is -0.481 e. The number of hydroxylamine groups is 1.